The number of allylic oxidation sites excluding steroid dienone is 1. The quantitative estimate of drug-likeness (QED) is 0.672. The molecule has 0 aliphatic carbocycles. The summed E-state index contributed by atoms with van der Waals surface area (Å²) in [5.74, 6) is 1.13. The second-order valence-corrected chi connectivity index (χ2v) is 5.01. The standard InChI is InChI=1S/C18H16O6/c1-21-15-8-5-12(18(22-2)17(15)20)13(19)6-3-11-4-7-14-16(9-11)24-10-23-14/h3-9,20H,10H2,1-2H3/b6-3+. The fourth-order valence-corrected chi connectivity index (χ4v) is 2.40. The number of benzene rings is 2. The van der Waals surface area contributed by atoms with E-state index in [2.05, 4.69) is 0 Å². The Kier molecular flexibility index (Phi) is 4.29. The van der Waals surface area contributed by atoms with Gasteiger partial charge in [-0.05, 0) is 35.9 Å². The molecule has 2 aromatic carbocycles. The van der Waals surface area contributed by atoms with Gasteiger partial charge in [-0.2, -0.15) is 0 Å². The Labute approximate surface area is 138 Å². The van der Waals surface area contributed by atoms with E-state index in [1.165, 1.54) is 26.4 Å². The molecule has 0 amide bonds. The molecule has 0 atom stereocenters. The third-order valence-corrected chi connectivity index (χ3v) is 3.61. The van der Waals surface area contributed by atoms with Crippen molar-refractivity contribution in [3.8, 4) is 28.7 Å². The molecule has 0 saturated carbocycles. The van der Waals surface area contributed by atoms with Crippen molar-refractivity contribution >= 4 is 11.9 Å². The number of fused-ring (bicyclic) bond motifs is 1. The van der Waals surface area contributed by atoms with Gasteiger partial charge in [0.05, 0.1) is 19.8 Å². The van der Waals surface area contributed by atoms with Gasteiger partial charge in [-0.15, -0.1) is 0 Å². The molecule has 3 rings (SSSR count). The lowest BCUT2D eigenvalue weighted by atomic mass is 10.1. The van der Waals surface area contributed by atoms with Crippen molar-refractivity contribution in [2.24, 2.45) is 0 Å². The first kappa shape index (κ1) is 15.7. The van der Waals surface area contributed by atoms with E-state index in [1.807, 2.05) is 6.07 Å². The summed E-state index contributed by atoms with van der Waals surface area (Å²) in [6, 6.07) is 8.45. The third-order valence-electron chi connectivity index (χ3n) is 3.61. The highest BCUT2D eigenvalue weighted by Crippen LogP contribution is 2.39. The van der Waals surface area contributed by atoms with Gasteiger partial charge < -0.3 is 24.1 Å². The Morgan fingerprint density at radius 1 is 1.12 bits per heavy atom. The van der Waals surface area contributed by atoms with Crippen LogP contribution in [0.5, 0.6) is 28.7 Å². The summed E-state index contributed by atoms with van der Waals surface area (Å²) >= 11 is 0. The molecule has 1 N–H and O–H groups in total. The van der Waals surface area contributed by atoms with Crippen molar-refractivity contribution in [2.75, 3.05) is 21.0 Å². The van der Waals surface area contributed by atoms with E-state index in [0.29, 0.717) is 11.5 Å². The van der Waals surface area contributed by atoms with Gasteiger partial charge in [0.1, 0.15) is 0 Å². The number of carbonyl (C=O) groups excluding carboxylic acids is 1. The highest BCUT2D eigenvalue weighted by molar-refractivity contribution is 6.09. The topological polar surface area (TPSA) is 74.2 Å². The number of ketones is 1. The molecule has 0 bridgehead atoms. The Balaban J connectivity index is 1.86. The van der Waals surface area contributed by atoms with Gasteiger partial charge in [-0.25, -0.2) is 0 Å². The molecule has 6 nitrogen and oxygen atoms in total. The monoisotopic (exact) mass is 328 g/mol. The van der Waals surface area contributed by atoms with E-state index in [4.69, 9.17) is 18.9 Å². The van der Waals surface area contributed by atoms with E-state index >= 15 is 0 Å². The van der Waals surface area contributed by atoms with Crippen LogP contribution in [0, 0.1) is 0 Å². The molecule has 0 fully saturated rings. The number of phenolic OH excluding ortho intramolecular Hbond substituents is 1. The molecule has 0 unspecified atom stereocenters. The summed E-state index contributed by atoms with van der Waals surface area (Å²) in [6.45, 7) is 0.198. The second-order valence-electron chi connectivity index (χ2n) is 5.01. The van der Waals surface area contributed by atoms with Gasteiger partial charge in [0, 0.05) is 0 Å². The summed E-state index contributed by atoms with van der Waals surface area (Å²) in [4.78, 5) is 12.4. The fraction of sp³-hybridized carbons (Fsp3) is 0.167. The molecular formula is C18H16O6. The van der Waals surface area contributed by atoms with Crippen LogP contribution in [0.25, 0.3) is 6.08 Å². The number of methoxy groups -OCH3 is 2. The van der Waals surface area contributed by atoms with Crippen LogP contribution in [0.15, 0.2) is 36.4 Å². The van der Waals surface area contributed by atoms with E-state index in [-0.39, 0.29) is 35.4 Å². The first-order valence-corrected chi connectivity index (χ1v) is 7.20. The molecular weight excluding hydrogens is 312 g/mol. The molecule has 2 aromatic rings. The van der Waals surface area contributed by atoms with Crippen molar-refractivity contribution in [1.29, 1.82) is 0 Å². The molecule has 0 aromatic heterocycles. The average Bonchev–Trinajstić information content (AvgIpc) is 3.07. The number of hydrogen-bond donors (Lipinski definition) is 1. The molecule has 0 saturated heterocycles. The Morgan fingerprint density at radius 3 is 2.67 bits per heavy atom. The van der Waals surface area contributed by atoms with Gasteiger partial charge in [0.2, 0.25) is 12.5 Å². The van der Waals surface area contributed by atoms with Crippen LogP contribution in [0.4, 0.5) is 0 Å². The van der Waals surface area contributed by atoms with Gasteiger partial charge in [0.25, 0.3) is 0 Å². The van der Waals surface area contributed by atoms with Crippen molar-refractivity contribution in [3.63, 3.8) is 0 Å². The molecule has 1 aliphatic rings. The lowest BCUT2D eigenvalue weighted by Crippen LogP contribution is -2.00. The maximum absolute atomic E-state index is 12.4. The zero-order valence-electron chi connectivity index (χ0n) is 13.2. The Morgan fingerprint density at radius 2 is 1.92 bits per heavy atom. The minimum atomic E-state index is -0.303. The van der Waals surface area contributed by atoms with Gasteiger partial charge in [-0.1, -0.05) is 12.1 Å². The van der Waals surface area contributed by atoms with Crippen molar-refractivity contribution in [3.05, 3.63) is 47.5 Å². The molecule has 6 heteroatoms. The number of phenols is 1. The number of hydrogen-bond acceptors (Lipinski definition) is 6. The number of aromatic hydroxyl groups is 1. The van der Waals surface area contributed by atoms with Crippen LogP contribution >= 0.6 is 0 Å². The average molecular weight is 328 g/mol. The summed E-state index contributed by atoms with van der Waals surface area (Å²) < 4.78 is 20.7. The fourth-order valence-electron chi connectivity index (χ4n) is 2.40. The largest absolute Gasteiger partial charge is 0.502 e. The number of ether oxygens (including phenoxy) is 4. The predicted molar refractivity (Wildman–Crippen MR) is 87.1 cm³/mol. The third kappa shape index (κ3) is 2.86. The zero-order chi connectivity index (χ0) is 17.1. The summed E-state index contributed by atoms with van der Waals surface area (Å²) in [5.41, 5.74) is 1.04. The zero-order valence-corrected chi connectivity index (χ0v) is 13.2. The SMILES string of the molecule is COc1ccc(C(=O)/C=C/c2ccc3c(c2)OCO3)c(OC)c1O. The van der Waals surface area contributed by atoms with E-state index in [9.17, 15) is 9.90 Å². The van der Waals surface area contributed by atoms with Crippen LogP contribution in [0.3, 0.4) is 0 Å². The van der Waals surface area contributed by atoms with E-state index < -0.39 is 0 Å². The number of rotatable bonds is 5. The van der Waals surface area contributed by atoms with Crippen LogP contribution in [-0.4, -0.2) is 31.9 Å². The first-order chi connectivity index (χ1) is 11.6. The minimum absolute atomic E-state index is 0.0784. The van der Waals surface area contributed by atoms with Crippen molar-refractivity contribution in [2.45, 2.75) is 0 Å². The first-order valence-electron chi connectivity index (χ1n) is 7.20. The van der Waals surface area contributed by atoms with Gasteiger partial charge in [-0.3, -0.25) is 4.79 Å². The van der Waals surface area contributed by atoms with E-state index in [1.54, 1.807) is 24.3 Å². The Hall–Kier alpha value is -3.15. The van der Waals surface area contributed by atoms with Crippen molar-refractivity contribution in [1.82, 2.24) is 0 Å². The normalized spacial score (nSPS) is 12.4. The molecule has 0 spiro atoms. The highest BCUT2D eigenvalue weighted by atomic mass is 16.7. The molecule has 124 valence electrons. The van der Waals surface area contributed by atoms with Crippen LogP contribution in [0.2, 0.25) is 0 Å². The summed E-state index contributed by atoms with van der Waals surface area (Å²) in [5, 5.41) is 10.1. The summed E-state index contributed by atoms with van der Waals surface area (Å²) in [6.07, 6.45) is 3.06. The summed E-state index contributed by atoms with van der Waals surface area (Å²) in [7, 11) is 2.81. The van der Waals surface area contributed by atoms with Gasteiger partial charge in [0.15, 0.2) is 28.8 Å². The van der Waals surface area contributed by atoms with Crippen LogP contribution < -0.4 is 18.9 Å². The molecule has 24 heavy (non-hydrogen) atoms. The Bertz CT molecular complexity index is 809. The predicted octanol–water partition coefficient (Wildman–Crippen LogP) is 3.03. The number of carbonyl (C=O) groups is 1. The lowest BCUT2D eigenvalue weighted by molar-refractivity contribution is 0.104. The van der Waals surface area contributed by atoms with E-state index in [0.717, 1.165) is 5.56 Å². The molecule has 0 radical (unpaired) electrons. The van der Waals surface area contributed by atoms with Crippen molar-refractivity contribution < 1.29 is 28.8 Å². The second kappa shape index (κ2) is 6.54. The molecule has 1 heterocycles. The maximum Gasteiger partial charge on any atom is 0.231 e. The van der Waals surface area contributed by atoms with Gasteiger partial charge >= 0.3 is 0 Å². The minimum Gasteiger partial charge on any atom is -0.502 e. The van der Waals surface area contributed by atoms with Crippen LogP contribution in [0.1, 0.15) is 15.9 Å². The van der Waals surface area contributed by atoms with Crippen LogP contribution in [-0.2, 0) is 0 Å². The lowest BCUT2D eigenvalue weighted by Gasteiger charge is -2.11. The molecule has 1 aliphatic heterocycles. The highest BCUT2D eigenvalue weighted by Gasteiger charge is 2.18. The maximum atomic E-state index is 12.4. The smallest absolute Gasteiger partial charge is 0.231 e.